The zero-order valence-corrected chi connectivity index (χ0v) is 14.9. The van der Waals surface area contributed by atoms with E-state index in [2.05, 4.69) is 15.3 Å². The van der Waals surface area contributed by atoms with Crippen LogP contribution in [0, 0.1) is 4.77 Å². The SMILES string of the molecule is CCOc1cc(/C=N\n2c(-c3ccccc3Cl)n[nH]c2=S)ccc1O. The van der Waals surface area contributed by atoms with Gasteiger partial charge in [-0.25, -0.2) is 5.10 Å². The minimum atomic E-state index is 0.0793. The quantitative estimate of drug-likeness (QED) is 0.517. The van der Waals surface area contributed by atoms with Crippen LogP contribution in [0.1, 0.15) is 12.5 Å². The highest BCUT2D eigenvalue weighted by atomic mass is 35.5. The van der Waals surface area contributed by atoms with Crippen LogP contribution in [0.4, 0.5) is 0 Å². The largest absolute Gasteiger partial charge is 0.504 e. The lowest BCUT2D eigenvalue weighted by Crippen LogP contribution is -1.96. The van der Waals surface area contributed by atoms with Crippen LogP contribution in [-0.2, 0) is 0 Å². The first-order valence-corrected chi connectivity index (χ1v) is 8.31. The molecule has 0 unspecified atom stereocenters. The molecule has 0 amide bonds. The number of phenols is 1. The van der Waals surface area contributed by atoms with Crippen molar-refractivity contribution in [2.24, 2.45) is 5.10 Å². The molecule has 0 radical (unpaired) electrons. The maximum absolute atomic E-state index is 9.76. The fourth-order valence-electron chi connectivity index (χ4n) is 2.22. The monoisotopic (exact) mass is 374 g/mol. The number of benzene rings is 2. The van der Waals surface area contributed by atoms with Crippen molar-refractivity contribution in [3.63, 3.8) is 0 Å². The summed E-state index contributed by atoms with van der Waals surface area (Å²) in [6.07, 6.45) is 1.60. The molecule has 0 aliphatic heterocycles. The molecule has 2 N–H and O–H groups in total. The number of rotatable bonds is 5. The van der Waals surface area contributed by atoms with Crippen LogP contribution in [0.2, 0.25) is 5.02 Å². The number of hydrogen-bond acceptors (Lipinski definition) is 5. The fourth-order valence-corrected chi connectivity index (χ4v) is 2.62. The highest BCUT2D eigenvalue weighted by molar-refractivity contribution is 7.71. The van der Waals surface area contributed by atoms with Crippen molar-refractivity contribution in [3.05, 3.63) is 57.8 Å². The van der Waals surface area contributed by atoms with E-state index in [1.54, 1.807) is 30.5 Å². The molecular formula is C17H15ClN4O2S. The predicted octanol–water partition coefficient (Wildman–Crippen LogP) is 4.25. The molecule has 1 heterocycles. The van der Waals surface area contributed by atoms with E-state index in [1.807, 2.05) is 25.1 Å². The van der Waals surface area contributed by atoms with Crippen LogP contribution in [0.15, 0.2) is 47.6 Å². The molecule has 0 aliphatic rings. The molecular weight excluding hydrogens is 360 g/mol. The van der Waals surface area contributed by atoms with Crippen LogP contribution in [-0.4, -0.2) is 32.8 Å². The van der Waals surface area contributed by atoms with Gasteiger partial charge >= 0.3 is 0 Å². The molecule has 6 nitrogen and oxygen atoms in total. The third-order valence-electron chi connectivity index (χ3n) is 3.37. The van der Waals surface area contributed by atoms with E-state index >= 15 is 0 Å². The number of nitrogens with zero attached hydrogens (tertiary/aromatic N) is 3. The van der Waals surface area contributed by atoms with E-state index in [0.717, 1.165) is 11.1 Å². The normalized spacial score (nSPS) is 11.1. The molecule has 3 rings (SSSR count). The summed E-state index contributed by atoms with van der Waals surface area (Å²) in [5.74, 6) is 0.986. The Morgan fingerprint density at radius 2 is 2.16 bits per heavy atom. The standard InChI is InChI=1S/C17H15ClN4O2S/c1-2-24-15-9-11(7-8-14(15)23)10-19-22-16(20-21-17(22)25)12-5-3-4-6-13(12)18/h3-10,23H,2H2,1H3,(H,21,25)/b19-10-. The van der Waals surface area contributed by atoms with Crippen LogP contribution in [0.25, 0.3) is 11.4 Å². The Hall–Kier alpha value is -2.64. The van der Waals surface area contributed by atoms with Crippen LogP contribution < -0.4 is 4.74 Å². The zero-order valence-electron chi connectivity index (χ0n) is 13.3. The fraction of sp³-hybridized carbons (Fsp3) is 0.118. The molecule has 128 valence electrons. The highest BCUT2D eigenvalue weighted by Gasteiger charge is 2.11. The minimum Gasteiger partial charge on any atom is -0.504 e. The van der Waals surface area contributed by atoms with Crippen molar-refractivity contribution in [3.8, 4) is 22.9 Å². The summed E-state index contributed by atoms with van der Waals surface area (Å²) in [6.45, 7) is 2.30. The van der Waals surface area contributed by atoms with E-state index in [1.165, 1.54) is 4.68 Å². The van der Waals surface area contributed by atoms with Gasteiger partial charge in [0.15, 0.2) is 17.3 Å². The second kappa shape index (κ2) is 7.50. The average Bonchev–Trinajstić information content (AvgIpc) is 2.97. The van der Waals surface area contributed by atoms with Gasteiger partial charge in [-0.3, -0.25) is 0 Å². The van der Waals surface area contributed by atoms with Crippen molar-refractivity contribution in [1.82, 2.24) is 14.9 Å². The van der Waals surface area contributed by atoms with E-state index < -0.39 is 0 Å². The Labute approximate surface area is 154 Å². The molecule has 0 saturated carbocycles. The molecule has 0 saturated heterocycles. The van der Waals surface area contributed by atoms with E-state index in [4.69, 9.17) is 28.6 Å². The lowest BCUT2D eigenvalue weighted by molar-refractivity contribution is 0.318. The molecule has 0 bridgehead atoms. The summed E-state index contributed by atoms with van der Waals surface area (Å²) >= 11 is 11.5. The third-order valence-corrected chi connectivity index (χ3v) is 3.96. The molecule has 2 aromatic carbocycles. The van der Waals surface area contributed by atoms with Gasteiger partial charge in [-0.1, -0.05) is 23.7 Å². The van der Waals surface area contributed by atoms with E-state index in [9.17, 15) is 5.11 Å². The van der Waals surface area contributed by atoms with Gasteiger partial charge in [0, 0.05) is 5.56 Å². The average molecular weight is 375 g/mol. The summed E-state index contributed by atoms with van der Waals surface area (Å²) < 4.78 is 7.20. The number of aromatic nitrogens is 3. The molecule has 3 aromatic rings. The Bertz CT molecular complexity index is 981. The van der Waals surface area contributed by atoms with Crippen LogP contribution >= 0.6 is 23.8 Å². The summed E-state index contributed by atoms with van der Waals surface area (Å²) in [5.41, 5.74) is 1.46. The lowest BCUT2D eigenvalue weighted by Gasteiger charge is -2.06. The van der Waals surface area contributed by atoms with E-state index in [-0.39, 0.29) is 5.75 Å². The highest BCUT2D eigenvalue weighted by Crippen LogP contribution is 2.27. The molecule has 0 fully saturated rings. The van der Waals surface area contributed by atoms with Gasteiger partial charge < -0.3 is 9.84 Å². The molecule has 0 aliphatic carbocycles. The van der Waals surface area contributed by atoms with Gasteiger partial charge in [0.05, 0.1) is 17.8 Å². The van der Waals surface area contributed by atoms with Gasteiger partial charge in [0.1, 0.15) is 0 Å². The second-order valence-electron chi connectivity index (χ2n) is 5.05. The van der Waals surface area contributed by atoms with Crippen LogP contribution in [0.3, 0.4) is 0 Å². The van der Waals surface area contributed by atoms with Crippen molar-refractivity contribution < 1.29 is 9.84 Å². The Balaban J connectivity index is 1.98. The zero-order chi connectivity index (χ0) is 17.8. The van der Waals surface area contributed by atoms with Gasteiger partial charge in [-0.2, -0.15) is 14.9 Å². The molecule has 25 heavy (non-hydrogen) atoms. The second-order valence-corrected chi connectivity index (χ2v) is 5.84. The number of nitrogens with one attached hydrogen (secondary N) is 1. The molecule has 8 heteroatoms. The van der Waals surface area contributed by atoms with Gasteiger partial charge in [-0.15, -0.1) is 0 Å². The predicted molar refractivity (Wildman–Crippen MR) is 100 cm³/mol. The number of aromatic amines is 1. The Morgan fingerprint density at radius 1 is 1.36 bits per heavy atom. The Morgan fingerprint density at radius 3 is 2.92 bits per heavy atom. The summed E-state index contributed by atoms with van der Waals surface area (Å²) in [4.78, 5) is 0. The smallest absolute Gasteiger partial charge is 0.216 e. The van der Waals surface area contributed by atoms with Gasteiger partial charge in [0.25, 0.3) is 0 Å². The molecule has 0 atom stereocenters. The third kappa shape index (κ3) is 3.72. The number of H-pyrrole nitrogens is 1. The maximum atomic E-state index is 9.76. The van der Waals surface area contributed by atoms with Gasteiger partial charge in [-0.05, 0) is 55.0 Å². The van der Waals surface area contributed by atoms with Gasteiger partial charge in [0.2, 0.25) is 4.77 Å². The molecule has 0 spiro atoms. The number of ether oxygens (including phenoxy) is 1. The van der Waals surface area contributed by atoms with E-state index in [0.29, 0.717) is 28.0 Å². The number of phenolic OH excluding ortho intramolecular Hbond substituents is 1. The molecule has 1 aromatic heterocycles. The summed E-state index contributed by atoms with van der Waals surface area (Å²) in [6, 6.07) is 12.3. The maximum Gasteiger partial charge on any atom is 0.216 e. The summed E-state index contributed by atoms with van der Waals surface area (Å²) in [5, 5.41) is 21.6. The van der Waals surface area contributed by atoms with Crippen LogP contribution in [0.5, 0.6) is 11.5 Å². The first kappa shape index (κ1) is 17.2. The topological polar surface area (TPSA) is 75.4 Å². The van der Waals surface area contributed by atoms with Crippen molar-refractivity contribution in [2.45, 2.75) is 6.92 Å². The Kier molecular flexibility index (Phi) is 5.16. The summed E-state index contributed by atoms with van der Waals surface area (Å²) in [7, 11) is 0. The first-order chi connectivity index (χ1) is 12.1. The van der Waals surface area contributed by atoms with Crippen molar-refractivity contribution >= 4 is 30.0 Å². The lowest BCUT2D eigenvalue weighted by atomic mass is 10.2. The number of halogens is 1. The van der Waals surface area contributed by atoms with Crippen molar-refractivity contribution in [2.75, 3.05) is 6.61 Å². The minimum absolute atomic E-state index is 0.0793. The number of hydrogen-bond donors (Lipinski definition) is 2. The number of aromatic hydroxyl groups is 1. The first-order valence-electron chi connectivity index (χ1n) is 7.52. The van der Waals surface area contributed by atoms with Crippen molar-refractivity contribution in [1.29, 1.82) is 0 Å².